The van der Waals surface area contributed by atoms with Gasteiger partial charge >= 0.3 is 0 Å². The van der Waals surface area contributed by atoms with Crippen LogP contribution in [0.3, 0.4) is 0 Å². The largest absolute Gasteiger partial charge is 0.332 e. The van der Waals surface area contributed by atoms with E-state index in [4.69, 9.17) is 0 Å². The maximum absolute atomic E-state index is 12.8. The number of hydrogen-bond donors (Lipinski definition) is 1. The molecule has 0 radical (unpaired) electrons. The van der Waals surface area contributed by atoms with E-state index < -0.39 is 9.84 Å². The number of fused-ring (bicyclic) bond motifs is 1. The van der Waals surface area contributed by atoms with E-state index in [1.165, 1.54) is 17.7 Å². The summed E-state index contributed by atoms with van der Waals surface area (Å²) < 4.78 is 25.6. The molecule has 2 aromatic carbocycles. The van der Waals surface area contributed by atoms with Gasteiger partial charge in [-0.2, -0.15) is 0 Å². The Morgan fingerprint density at radius 3 is 2.65 bits per heavy atom. The first-order chi connectivity index (χ1) is 11.0. The summed E-state index contributed by atoms with van der Waals surface area (Å²) in [5, 5.41) is 2.06. The van der Waals surface area contributed by atoms with Gasteiger partial charge in [-0.15, -0.1) is 0 Å². The van der Waals surface area contributed by atoms with Crippen molar-refractivity contribution in [2.24, 2.45) is 5.92 Å². The molecule has 1 unspecified atom stereocenters. The van der Waals surface area contributed by atoms with Crippen LogP contribution in [0.25, 0.3) is 10.8 Å². The molecule has 124 valence electrons. The lowest BCUT2D eigenvalue weighted by atomic mass is 9.99. The Hall–Kier alpha value is -1.39. The summed E-state index contributed by atoms with van der Waals surface area (Å²) in [7, 11) is -3.24. The van der Waals surface area contributed by atoms with Gasteiger partial charge in [0.15, 0.2) is 9.84 Å². The second kappa shape index (κ2) is 6.62. The lowest BCUT2D eigenvalue weighted by Gasteiger charge is -2.32. The third-order valence-electron chi connectivity index (χ3n) is 5.05. The Morgan fingerprint density at radius 2 is 1.91 bits per heavy atom. The number of quaternary nitrogens is 1. The predicted molar refractivity (Wildman–Crippen MR) is 94.6 cm³/mol. The van der Waals surface area contributed by atoms with Crippen LogP contribution in [-0.4, -0.2) is 33.3 Å². The highest BCUT2D eigenvalue weighted by Gasteiger charge is 2.29. The van der Waals surface area contributed by atoms with Crippen LogP contribution in [-0.2, 0) is 9.84 Å². The minimum Gasteiger partial charge on any atom is -0.332 e. The normalized spacial score (nSPS) is 23.7. The molecule has 2 aromatic rings. The van der Waals surface area contributed by atoms with Crippen LogP contribution >= 0.6 is 0 Å². The summed E-state index contributed by atoms with van der Waals surface area (Å²) in [5.74, 6) is 0.928. The van der Waals surface area contributed by atoms with Crippen LogP contribution < -0.4 is 4.90 Å². The molecule has 4 heteroatoms. The van der Waals surface area contributed by atoms with Gasteiger partial charge in [0.05, 0.1) is 24.0 Å². The molecule has 0 amide bonds. The van der Waals surface area contributed by atoms with Crippen molar-refractivity contribution in [3.63, 3.8) is 0 Å². The van der Waals surface area contributed by atoms with E-state index in [0.717, 1.165) is 23.9 Å². The van der Waals surface area contributed by atoms with Crippen LogP contribution in [0.4, 0.5) is 0 Å². The number of likely N-dealkylation sites (tertiary alicyclic amines) is 1. The summed E-state index contributed by atoms with van der Waals surface area (Å²) in [6, 6.07) is 13.5. The van der Waals surface area contributed by atoms with Crippen molar-refractivity contribution in [2.45, 2.75) is 37.6 Å². The fourth-order valence-corrected chi connectivity index (χ4v) is 5.35. The highest BCUT2D eigenvalue weighted by atomic mass is 32.2. The molecule has 23 heavy (non-hydrogen) atoms. The first kappa shape index (κ1) is 16.5. The van der Waals surface area contributed by atoms with Gasteiger partial charge in [0.2, 0.25) is 0 Å². The zero-order valence-corrected chi connectivity index (χ0v) is 14.8. The zero-order valence-electron chi connectivity index (χ0n) is 14.0. The predicted octanol–water partition coefficient (Wildman–Crippen LogP) is 2.32. The SMILES string of the molecule is C[C@H]1CCC[NH+]([C@@H](C)CS(=O)(=O)c2ccc3ccccc3c2)C1. The Morgan fingerprint density at radius 1 is 1.17 bits per heavy atom. The number of rotatable bonds is 4. The van der Waals surface area contributed by atoms with E-state index in [1.807, 2.05) is 36.4 Å². The number of nitrogens with one attached hydrogen (secondary N) is 1. The van der Waals surface area contributed by atoms with Crippen LogP contribution in [0.1, 0.15) is 26.7 Å². The monoisotopic (exact) mass is 332 g/mol. The molecule has 1 N–H and O–H groups in total. The number of piperidine rings is 1. The second-order valence-electron chi connectivity index (χ2n) is 7.05. The fraction of sp³-hybridized carbons (Fsp3) is 0.474. The Labute approximate surface area is 139 Å². The van der Waals surface area contributed by atoms with Crippen LogP contribution in [0.2, 0.25) is 0 Å². The van der Waals surface area contributed by atoms with Gasteiger partial charge in [0, 0.05) is 5.92 Å². The molecule has 1 heterocycles. The Balaban J connectivity index is 1.79. The lowest BCUT2D eigenvalue weighted by molar-refractivity contribution is -0.928. The number of benzene rings is 2. The second-order valence-corrected chi connectivity index (χ2v) is 9.09. The van der Waals surface area contributed by atoms with E-state index in [-0.39, 0.29) is 11.8 Å². The van der Waals surface area contributed by atoms with Gasteiger partial charge in [-0.3, -0.25) is 0 Å². The van der Waals surface area contributed by atoms with E-state index in [1.54, 1.807) is 6.07 Å². The molecule has 0 aromatic heterocycles. The molecule has 3 nitrogen and oxygen atoms in total. The topological polar surface area (TPSA) is 38.6 Å². The van der Waals surface area contributed by atoms with Crippen molar-refractivity contribution < 1.29 is 13.3 Å². The van der Waals surface area contributed by atoms with Crippen molar-refractivity contribution in [1.82, 2.24) is 0 Å². The number of sulfone groups is 1. The fourth-order valence-electron chi connectivity index (χ4n) is 3.68. The highest BCUT2D eigenvalue weighted by molar-refractivity contribution is 7.91. The molecular weight excluding hydrogens is 306 g/mol. The third-order valence-corrected chi connectivity index (χ3v) is 6.96. The van der Waals surface area contributed by atoms with Crippen molar-refractivity contribution in [3.8, 4) is 0 Å². The Kier molecular flexibility index (Phi) is 4.74. The highest BCUT2D eigenvalue weighted by Crippen LogP contribution is 2.20. The Bertz CT molecular complexity index is 785. The van der Waals surface area contributed by atoms with Crippen LogP contribution in [0, 0.1) is 5.92 Å². The summed E-state index contributed by atoms with van der Waals surface area (Å²) in [6.07, 6.45) is 2.48. The van der Waals surface area contributed by atoms with Gasteiger partial charge in [0.25, 0.3) is 0 Å². The van der Waals surface area contributed by atoms with Gasteiger partial charge in [-0.05, 0) is 42.7 Å². The van der Waals surface area contributed by atoms with Crippen LogP contribution in [0.15, 0.2) is 47.4 Å². The minimum atomic E-state index is -3.24. The molecule has 0 aliphatic carbocycles. The third kappa shape index (κ3) is 3.75. The molecule has 1 fully saturated rings. The molecule has 3 atom stereocenters. The smallest absolute Gasteiger partial charge is 0.184 e. The van der Waals surface area contributed by atoms with Crippen molar-refractivity contribution in [3.05, 3.63) is 42.5 Å². The zero-order chi connectivity index (χ0) is 16.4. The van der Waals surface area contributed by atoms with E-state index in [0.29, 0.717) is 10.8 Å². The quantitative estimate of drug-likeness (QED) is 0.933. The average Bonchev–Trinajstić information content (AvgIpc) is 2.54. The molecular formula is C19H26NO2S+. The molecule has 1 aliphatic heterocycles. The molecule has 0 spiro atoms. The number of hydrogen-bond acceptors (Lipinski definition) is 2. The first-order valence-electron chi connectivity index (χ1n) is 8.52. The first-order valence-corrected chi connectivity index (χ1v) is 10.2. The van der Waals surface area contributed by atoms with Gasteiger partial charge in [-0.1, -0.05) is 37.3 Å². The average molecular weight is 332 g/mol. The molecule has 0 bridgehead atoms. The summed E-state index contributed by atoms with van der Waals surface area (Å²) in [5.41, 5.74) is 0. The molecule has 0 saturated carbocycles. The lowest BCUT2D eigenvalue weighted by Crippen LogP contribution is -3.17. The van der Waals surface area contributed by atoms with Crippen molar-refractivity contribution >= 4 is 20.6 Å². The van der Waals surface area contributed by atoms with Gasteiger partial charge in [0.1, 0.15) is 5.75 Å². The van der Waals surface area contributed by atoms with Crippen molar-refractivity contribution in [2.75, 3.05) is 18.8 Å². The maximum atomic E-state index is 12.8. The van der Waals surface area contributed by atoms with E-state index in [9.17, 15) is 8.42 Å². The maximum Gasteiger partial charge on any atom is 0.184 e. The summed E-state index contributed by atoms with van der Waals surface area (Å²) in [4.78, 5) is 1.89. The molecule has 1 aliphatic rings. The summed E-state index contributed by atoms with van der Waals surface area (Å²) >= 11 is 0. The minimum absolute atomic E-state index is 0.147. The molecule has 3 rings (SSSR count). The van der Waals surface area contributed by atoms with E-state index in [2.05, 4.69) is 13.8 Å². The van der Waals surface area contributed by atoms with Gasteiger partial charge < -0.3 is 4.90 Å². The van der Waals surface area contributed by atoms with Crippen molar-refractivity contribution in [1.29, 1.82) is 0 Å². The standard InChI is InChI=1S/C19H25NO2S/c1-15-6-5-11-20(13-15)16(2)14-23(21,22)19-10-9-17-7-3-4-8-18(17)12-19/h3-4,7-10,12,15-16H,5-6,11,13-14H2,1-2H3/p+1/t15-,16-/m0/s1. The van der Waals surface area contributed by atoms with Gasteiger partial charge in [-0.25, -0.2) is 8.42 Å². The molecule has 1 saturated heterocycles. The summed E-state index contributed by atoms with van der Waals surface area (Å²) in [6.45, 7) is 6.53. The van der Waals surface area contributed by atoms with Crippen LogP contribution in [0.5, 0.6) is 0 Å². The van der Waals surface area contributed by atoms with E-state index >= 15 is 0 Å².